The van der Waals surface area contributed by atoms with Crippen molar-refractivity contribution in [3.05, 3.63) is 88.2 Å². The van der Waals surface area contributed by atoms with Gasteiger partial charge in [0.2, 0.25) is 0 Å². The summed E-state index contributed by atoms with van der Waals surface area (Å²) in [5.41, 5.74) is 6.90. The third kappa shape index (κ3) is 5.49. The molecule has 3 aliphatic rings. The van der Waals surface area contributed by atoms with E-state index in [1.54, 1.807) is 0 Å². The van der Waals surface area contributed by atoms with Gasteiger partial charge in [0, 0.05) is 64.1 Å². The number of carbonyl (C=O) groups is 1. The lowest BCUT2D eigenvalue weighted by Gasteiger charge is -2.34. The maximum absolute atomic E-state index is 13.4. The van der Waals surface area contributed by atoms with Crippen molar-refractivity contribution >= 4 is 5.91 Å². The minimum atomic E-state index is -0.560. The number of ether oxygens (including phenoxy) is 1. The smallest absolute Gasteiger partial charge is 0.254 e. The molecule has 6 rings (SSSR count). The van der Waals surface area contributed by atoms with E-state index in [4.69, 9.17) is 4.74 Å². The van der Waals surface area contributed by atoms with Crippen LogP contribution in [0.4, 0.5) is 0 Å². The van der Waals surface area contributed by atoms with E-state index in [1.807, 2.05) is 17.2 Å². The lowest BCUT2D eigenvalue weighted by molar-refractivity contribution is 0.0492. The number of hydrogen-bond donors (Lipinski definition) is 1. The quantitative estimate of drug-likeness (QED) is 0.539. The third-order valence-electron chi connectivity index (χ3n) is 8.08. The zero-order chi connectivity index (χ0) is 25.2. The Balaban J connectivity index is 1.07. The Labute approximate surface area is 218 Å². The molecule has 37 heavy (non-hydrogen) atoms. The minimum Gasteiger partial charge on any atom is -0.390 e. The summed E-state index contributed by atoms with van der Waals surface area (Å²) in [5, 5.41) is 15.5. The standard InChI is InChI=1S/C30H36N4O3/c35-28(20-32-11-7-24-3-1-2-4-26(24)19-32)21-33-12-8-25-6-5-22(16-29(25)30(33)36)15-23-17-31-34(18-23)27-9-13-37-14-10-27/h1-6,16-18,27-28,35H,7-15,19-21H2. The Morgan fingerprint density at radius 3 is 2.65 bits per heavy atom. The van der Waals surface area contributed by atoms with Crippen molar-refractivity contribution in [2.24, 2.45) is 0 Å². The molecule has 1 unspecified atom stereocenters. The summed E-state index contributed by atoms with van der Waals surface area (Å²) >= 11 is 0. The second-order valence-electron chi connectivity index (χ2n) is 10.7. The molecule has 1 amide bonds. The molecule has 1 fully saturated rings. The van der Waals surface area contributed by atoms with Gasteiger partial charge in [-0.05, 0) is 59.6 Å². The van der Waals surface area contributed by atoms with E-state index < -0.39 is 6.10 Å². The van der Waals surface area contributed by atoms with Crippen LogP contribution in [0.2, 0.25) is 0 Å². The molecule has 3 aromatic rings. The fourth-order valence-electron chi connectivity index (χ4n) is 6.03. The molecule has 0 aliphatic carbocycles. The highest BCUT2D eigenvalue weighted by molar-refractivity contribution is 5.97. The Hall–Kier alpha value is -3.00. The number of fused-ring (bicyclic) bond motifs is 2. The zero-order valence-corrected chi connectivity index (χ0v) is 21.4. The van der Waals surface area contributed by atoms with Gasteiger partial charge in [0.25, 0.3) is 5.91 Å². The van der Waals surface area contributed by atoms with E-state index in [9.17, 15) is 9.90 Å². The highest BCUT2D eigenvalue weighted by atomic mass is 16.5. The molecule has 0 bridgehead atoms. The maximum Gasteiger partial charge on any atom is 0.254 e. The van der Waals surface area contributed by atoms with Gasteiger partial charge in [-0.25, -0.2) is 0 Å². The van der Waals surface area contributed by atoms with Gasteiger partial charge in [-0.1, -0.05) is 36.4 Å². The van der Waals surface area contributed by atoms with Crippen LogP contribution in [0, 0.1) is 0 Å². The molecule has 0 radical (unpaired) electrons. The van der Waals surface area contributed by atoms with Gasteiger partial charge in [0.15, 0.2) is 0 Å². The second-order valence-corrected chi connectivity index (χ2v) is 10.7. The highest BCUT2D eigenvalue weighted by Crippen LogP contribution is 2.25. The average molecular weight is 501 g/mol. The average Bonchev–Trinajstić information content (AvgIpc) is 3.39. The van der Waals surface area contributed by atoms with Gasteiger partial charge in [0.05, 0.1) is 18.3 Å². The topological polar surface area (TPSA) is 70.8 Å². The first kappa shape index (κ1) is 24.3. The molecule has 7 nitrogen and oxygen atoms in total. The fraction of sp³-hybridized carbons (Fsp3) is 0.467. The molecule has 1 saturated heterocycles. The van der Waals surface area contributed by atoms with Crippen LogP contribution in [0.1, 0.15) is 57.1 Å². The second kappa shape index (κ2) is 10.8. The van der Waals surface area contributed by atoms with Crippen molar-refractivity contribution < 1.29 is 14.6 Å². The molecular formula is C30H36N4O3. The number of aromatic nitrogens is 2. The van der Waals surface area contributed by atoms with Crippen LogP contribution in [-0.2, 0) is 30.5 Å². The predicted octanol–water partition coefficient (Wildman–Crippen LogP) is 3.24. The Kier molecular flexibility index (Phi) is 7.09. The van der Waals surface area contributed by atoms with Gasteiger partial charge in [-0.3, -0.25) is 14.4 Å². The molecule has 4 heterocycles. The fourth-order valence-corrected chi connectivity index (χ4v) is 6.03. The molecule has 3 aliphatic heterocycles. The van der Waals surface area contributed by atoms with E-state index in [2.05, 4.69) is 57.3 Å². The van der Waals surface area contributed by atoms with Gasteiger partial charge in [-0.2, -0.15) is 5.10 Å². The minimum absolute atomic E-state index is 0.0315. The normalized spacial score (nSPS) is 19.5. The van der Waals surface area contributed by atoms with E-state index in [0.29, 0.717) is 25.7 Å². The van der Waals surface area contributed by atoms with Crippen LogP contribution in [0.25, 0.3) is 0 Å². The van der Waals surface area contributed by atoms with Crippen molar-refractivity contribution in [1.82, 2.24) is 19.6 Å². The summed E-state index contributed by atoms with van der Waals surface area (Å²) in [6, 6.07) is 15.2. The van der Waals surface area contributed by atoms with Gasteiger partial charge in [-0.15, -0.1) is 0 Å². The Morgan fingerprint density at radius 2 is 1.78 bits per heavy atom. The van der Waals surface area contributed by atoms with Crippen LogP contribution in [0.5, 0.6) is 0 Å². The van der Waals surface area contributed by atoms with Crippen molar-refractivity contribution in [3.8, 4) is 0 Å². The first-order valence-electron chi connectivity index (χ1n) is 13.6. The van der Waals surface area contributed by atoms with Crippen LogP contribution in [0.3, 0.4) is 0 Å². The lowest BCUT2D eigenvalue weighted by atomic mass is 9.94. The summed E-state index contributed by atoms with van der Waals surface area (Å²) in [6.07, 6.45) is 8.11. The van der Waals surface area contributed by atoms with Crippen molar-refractivity contribution in [3.63, 3.8) is 0 Å². The molecular weight excluding hydrogens is 464 g/mol. The van der Waals surface area contributed by atoms with Crippen molar-refractivity contribution in [2.75, 3.05) is 39.4 Å². The molecule has 194 valence electrons. The summed E-state index contributed by atoms with van der Waals surface area (Å²) in [5.74, 6) is 0.0315. The molecule has 1 atom stereocenters. The maximum atomic E-state index is 13.4. The van der Waals surface area contributed by atoms with Crippen LogP contribution in [-0.4, -0.2) is 76.1 Å². The monoisotopic (exact) mass is 500 g/mol. The van der Waals surface area contributed by atoms with Crippen LogP contribution in [0.15, 0.2) is 54.9 Å². The molecule has 1 N–H and O–H groups in total. The van der Waals surface area contributed by atoms with Gasteiger partial charge < -0.3 is 14.7 Å². The first-order valence-corrected chi connectivity index (χ1v) is 13.6. The van der Waals surface area contributed by atoms with Crippen LogP contribution >= 0.6 is 0 Å². The van der Waals surface area contributed by atoms with E-state index >= 15 is 0 Å². The SMILES string of the molecule is O=C1c2cc(Cc3cnn(C4CCOCC4)c3)ccc2CCN1CC(O)CN1CCc2ccccc2C1. The number of amides is 1. The number of β-amino-alcohol motifs (C(OH)–C–C–N with tert-alkyl or cyclic N) is 1. The number of hydrogen-bond acceptors (Lipinski definition) is 5. The highest BCUT2D eigenvalue weighted by Gasteiger charge is 2.27. The van der Waals surface area contributed by atoms with Gasteiger partial charge >= 0.3 is 0 Å². The Morgan fingerprint density at radius 1 is 0.973 bits per heavy atom. The zero-order valence-electron chi connectivity index (χ0n) is 21.4. The molecule has 2 aromatic carbocycles. The number of aliphatic hydroxyl groups excluding tert-OH is 1. The van der Waals surface area contributed by atoms with Crippen molar-refractivity contribution in [2.45, 2.75) is 50.8 Å². The molecule has 7 heteroatoms. The number of benzene rings is 2. The number of rotatable bonds is 7. The van der Waals surface area contributed by atoms with E-state index in [-0.39, 0.29) is 5.91 Å². The summed E-state index contributed by atoms with van der Waals surface area (Å²) in [4.78, 5) is 17.5. The first-order chi connectivity index (χ1) is 18.1. The number of carbonyl (C=O) groups excluding carboxylic acids is 1. The molecule has 0 spiro atoms. The summed E-state index contributed by atoms with van der Waals surface area (Å²) in [7, 11) is 0. The largest absolute Gasteiger partial charge is 0.390 e. The van der Waals surface area contributed by atoms with E-state index in [0.717, 1.165) is 80.7 Å². The number of nitrogens with zero attached hydrogens (tertiary/aromatic N) is 4. The molecule has 1 aromatic heterocycles. The van der Waals surface area contributed by atoms with Crippen molar-refractivity contribution in [1.29, 1.82) is 0 Å². The third-order valence-corrected chi connectivity index (χ3v) is 8.08. The molecule has 0 saturated carbocycles. The predicted molar refractivity (Wildman–Crippen MR) is 142 cm³/mol. The Bertz CT molecular complexity index is 1250. The van der Waals surface area contributed by atoms with Gasteiger partial charge in [0.1, 0.15) is 0 Å². The van der Waals surface area contributed by atoms with Crippen LogP contribution < -0.4 is 0 Å². The lowest BCUT2D eigenvalue weighted by Crippen LogP contribution is -2.46. The summed E-state index contributed by atoms with van der Waals surface area (Å²) < 4.78 is 7.55. The summed E-state index contributed by atoms with van der Waals surface area (Å²) in [6.45, 7) is 5.01. The number of aliphatic hydroxyl groups is 1. The van der Waals surface area contributed by atoms with E-state index in [1.165, 1.54) is 11.1 Å².